The van der Waals surface area contributed by atoms with Crippen LogP contribution in [0.4, 0.5) is 5.69 Å². The molecule has 2 aromatic rings. The van der Waals surface area contributed by atoms with Gasteiger partial charge in [-0.25, -0.2) is 0 Å². The summed E-state index contributed by atoms with van der Waals surface area (Å²) in [6.07, 6.45) is 5.96. The van der Waals surface area contributed by atoms with Gasteiger partial charge in [0.2, 0.25) is 0 Å². The van der Waals surface area contributed by atoms with Crippen LogP contribution in [0.25, 0.3) is 6.08 Å². The van der Waals surface area contributed by atoms with Crippen LogP contribution in [0.2, 0.25) is 0 Å². The Hall–Kier alpha value is -2.55. The molecule has 0 aromatic heterocycles. The maximum absolute atomic E-state index is 12.2. The summed E-state index contributed by atoms with van der Waals surface area (Å²) < 4.78 is 5.12. The number of nitrogens with zero attached hydrogens (tertiary/aromatic N) is 1. The van der Waals surface area contributed by atoms with E-state index < -0.39 is 0 Å². The molecule has 1 heterocycles. The van der Waals surface area contributed by atoms with E-state index >= 15 is 0 Å². The molecule has 0 atom stereocenters. The first-order valence-corrected chi connectivity index (χ1v) is 7.98. The van der Waals surface area contributed by atoms with E-state index in [-0.39, 0.29) is 5.78 Å². The van der Waals surface area contributed by atoms with Crippen LogP contribution in [0.3, 0.4) is 0 Å². The number of carbonyl (C=O) groups excluding carboxylic acids is 1. The molecule has 0 spiro atoms. The molecule has 0 N–H and O–H groups in total. The monoisotopic (exact) mass is 307 g/mol. The molecule has 23 heavy (non-hydrogen) atoms. The zero-order chi connectivity index (χ0) is 16.1. The molecule has 0 saturated carbocycles. The third kappa shape index (κ3) is 3.81. The average Bonchev–Trinajstić information content (AvgIpc) is 3.15. The van der Waals surface area contributed by atoms with Crippen molar-refractivity contribution >= 4 is 17.5 Å². The zero-order valence-corrected chi connectivity index (χ0v) is 13.4. The van der Waals surface area contributed by atoms with Gasteiger partial charge in [-0.15, -0.1) is 0 Å². The molecule has 1 fully saturated rings. The average molecular weight is 307 g/mol. The third-order valence-electron chi connectivity index (χ3n) is 4.17. The first-order chi connectivity index (χ1) is 11.3. The molecule has 0 amide bonds. The molecule has 3 rings (SSSR count). The first kappa shape index (κ1) is 15.3. The van der Waals surface area contributed by atoms with Gasteiger partial charge >= 0.3 is 0 Å². The lowest BCUT2D eigenvalue weighted by Gasteiger charge is -2.17. The van der Waals surface area contributed by atoms with Crippen molar-refractivity contribution in [3.8, 4) is 5.75 Å². The van der Waals surface area contributed by atoms with Crippen LogP contribution >= 0.6 is 0 Å². The number of benzene rings is 2. The molecule has 0 unspecified atom stereocenters. The van der Waals surface area contributed by atoms with Gasteiger partial charge in [0.25, 0.3) is 0 Å². The number of ketones is 1. The molecular formula is C20H21NO2. The number of rotatable bonds is 5. The molecule has 118 valence electrons. The Kier molecular flexibility index (Phi) is 4.77. The Morgan fingerprint density at radius 2 is 1.65 bits per heavy atom. The van der Waals surface area contributed by atoms with Crippen molar-refractivity contribution in [3.05, 3.63) is 65.7 Å². The highest BCUT2D eigenvalue weighted by Crippen LogP contribution is 2.21. The van der Waals surface area contributed by atoms with E-state index in [1.807, 2.05) is 54.6 Å². The lowest BCUT2D eigenvalue weighted by atomic mass is 10.1. The van der Waals surface area contributed by atoms with Crippen molar-refractivity contribution in [1.82, 2.24) is 0 Å². The molecule has 0 aliphatic carbocycles. The topological polar surface area (TPSA) is 29.5 Å². The van der Waals surface area contributed by atoms with Gasteiger partial charge in [-0.3, -0.25) is 4.79 Å². The molecule has 0 bridgehead atoms. The van der Waals surface area contributed by atoms with E-state index in [2.05, 4.69) is 4.90 Å². The maximum Gasteiger partial charge on any atom is 0.185 e. The van der Waals surface area contributed by atoms with Gasteiger partial charge in [-0.05, 0) is 60.9 Å². The zero-order valence-electron chi connectivity index (χ0n) is 13.4. The van der Waals surface area contributed by atoms with Gasteiger partial charge in [0.15, 0.2) is 5.78 Å². The quantitative estimate of drug-likeness (QED) is 0.613. The Morgan fingerprint density at radius 1 is 1.00 bits per heavy atom. The first-order valence-electron chi connectivity index (χ1n) is 7.98. The van der Waals surface area contributed by atoms with Gasteiger partial charge in [0.1, 0.15) is 5.75 Å². The SMILES string of the molecule is COc1ccc(/C=C/C(=O)c2ccc(N3CCCC3)cc2)cc1. The predicted molar refractivity (Wildman–Crippen MR) is 94.2 cm³/mol. The number of methoxy groups -OCH3 is 1. The number of hydrogen-bond acceptors (Lipinski definition) is 3. The van der Waals surface area contributed by atoms with Crippen LogP contribution in [-0.4, -0.2) is 26.0 Å². The van der Waals surface area contributed by atoms with E-state index in [0.717, 1.165) is 30.0 Å². The second kappa shape index (κ2) is 7.14. The van der Waals surface area contributed by atoms with Crippen molar-refractivity contribution in [2.24, 2.45) is 0 Å². The van der Waals surface area contributed by atoms with Crippen LogP contribution in [0, 0.1) is 0 Å². The summed E-state index contributed by atoms with van der Waals surface area (Å²) in [7, 11) is 1.64. The number of allylic oxidation sites excluding steroid dienone is 1. The molecule has 0 radical (unpaired) electrons. The van der Waals surface area contributed by atoms with E-state index in [4.69, 9.17) is 4.74 Å². The Bertz CT molecular complexity index is 681. The Labute approximate surface area is 137 Å². The summed E-state index contributed by atoms with van der Waals surface area (Å²) in [4.78, 5) is 14.6. The molecular weight excluding hydrogens is 286 g/mol. The van der Waals surface area contributed by atoms with E-state index in [0.29, 0.717) is 0 Å². The molecule has 3 nitrogen and oxygen atoms in total. The standard InChI is InChI=1S/C20H21NO2/c1-23-19-11-4-16(5-12-19)6-13-20(22)17-7-9-18(10-8-17)21-14-2-3-15-21/h4-13H,2-3,14-15H2,1H3/b13-6+. The lowest BCUT2D eigenvalue weighted by Crippen LogP contribution is -2.17. The highest BCUT2D eigenvalue weighted by molar-refractivity contribution is 6.07. The largest absolute Gasteiger partial charge is 0.497 e. The fraction of sp³-hybridized carbons (Fsp3) is 0.250. The van der Waals surface area contributed by atoms with Gasteiger partial charge in [-0.1, -0.05) is 18.2 Å². The number of carbonyl (C=O) groups is 1. The second-order valence-corrected chi connectivity index (χ2v) is 5.71. The molecule has 2 aromatic carbocycles. The van der Waals surface area contributed by atoms with E-state index in [9.17, 15) is 4.79 Å². The lowest BCUT2D eigenvalue weighted by molar-refractivity contribution is 0.104. The maximum atomic E-state index is 12.2. The number of anilines is 1. The minimum Gasteiger partial charge on any atom is -0.497 e. The van der Waals surface area contributed by atoms with Crippen LogP contribution in [0.5, 0.6) is 5.75 Å². The normalized spacial score (nSPS) is 14.4. The smallest absolute Gasteiger partial charge is 0.185 e. The molecule has 1 aliphatic rings. The fourth-order valence-corrected chi connectivity index (χ4v) is 2.80. The van der Waals surface area contributed by atoms with Crippen molar-refractivity contribution in [2.45, 2.75) is 12.8 Å². The van der Waals surface area contributed by atoms with Gasteiger partial charge in [-0.2, -0.15) is 0 Å². The highest BCUT2D eigenvalue weighted by atomic mass is 16.5. The Balaban J connectivity index is 1.66. The van der Waals surface area contributed by atoms with Gasteiger partial charge in [0, 0.05) is 24.3 Å². The third-order valence-corrected chi connectivity index (χ3v) is 4.17. The van der Waals surface area contributed by atoms with Gasteiger partial charge < -0.3 is 9.64 Å². The van der Waals surface area contributed by atoms with Crippen LogP contribution in [-0.2, 0) is 0 Å². The molecule has 1 aliphatic heterocycles. The summed E-state index contributed by atoms with van der Waals surface area (Å²) in [5, 5.41) is 0. The van der Waals surface area contributed by atoms with Crippen molar-refractivity contribution in [3.63, 3.8) is 0 Å². The number of ether oxygens (including phenoxy) is 1. The van der Waals surface area contributed by atoms with E-state index in [1.54, 1.807) is 13.2 Å². The highest BCUT2D eigenvalue weighted by Gasteiger charge is 2.12. The molecule has 3 heteroatoms. The van der Waals surface area contributed by atoms with Crippen LogP contribution < -0.4 is 9.64 Å². The van der Waals surface area contributed by atoms with Crippen LogP contribution in [0.1, 0.15) is 28.8 Å². The summed E-state index contributed by atoms with van der Waals surface area (Å²) in [6, 6.07) is 15.5. The minimum absolute atomic E-state index is 0.0220. The summed E-state index contributed by atoms with van der Waals surface area (Å²) in [5.41, 5.74) is 2.91. The van der Waals surface area contributed by atoms with Gasteiger partial charge in [0.05, 0.1) is 7.11 Å². The number of hydrogen-bond donors (Lipinski definition) is 0. The second-order valence-electron chi connectivity index (χ2n) is 5.71. The minimum atomic E-state index is 0.0220. The fourth-order valence-electron chi connectivity index (χ4n) is 2.80. The summed E-state index contributed by atoms with van der Waals surface area (Å²) in [6.45, 7) is 2.23. The van der Waals surface area contributed by atoms with Crippen molar-refractivity contribution in [2.75, 3.05) is 25.1 Å². The summed E-state index contributed by atoms with van der Waals surface area (Å²) >= 11 is 0. The van der Waals surface area contributed by atoms with Crippen molar-refractivity contribution in [1.29, 1.82) is 0 Å². The van der Waals surface area contributed by atoms with Crippen molar-refractivity contribution < 1.29 is 9.53 Å². The summed E-state index contributed by atoms with van der Waals surface area (Å²) in [5.74, 6) is 0.833. The Morgan fingerprint density at radius 3 is 2.26 bits per heavy atom. The van der Waals surface area contributed by atoms with Crippen LogP contribution in [0.15, 0.2) is 54.6 Å². The predicted octanol–water partition coefficient (Wildman–Crippen LogP) is 4.19. The molecule has 1 saturated heterocycles. The van der Waals surface area contributed by atoms with E-state index in [1.165, 1.54) is 18.5 Å².